The molecule has 31 heavy (non-hydrogen) atoms. The lowest BCUT2D eigenvalue weighted by atomic mass is 9.85. The number of carbonyl (C=O) groups excluding carboxylic acids is 3. The highest BCUT2D eigenvalue weighted by atomic mass is 16.2. The van der Waals surface area contributed by atoms with E-state index >= 15 is 0 Å². The molecule has 160 valence electrons. The quantitative estimate of drug-likeness (QED) is 0.575. The molecule has 1 aliphatic heterocycles. The van der Waals surface area contributed by atoms with E-state index in [0.29, 0.717) is 11.4 Å². The van der Waals surface area contributed by atoms with Gasteiger partial charge in [0.25, 0.3) is 5.56 Å². The number of nitrogens with zero attached hydrogens (tertiary/aromatic N) is 3. The lowest BCUT2D eigenvalue weighted by Crippen LogP contribution is -2.44. The van der Waals surface area contributed by atoms with Gasteiger partial charge in [-0.25, -0.2) is 9.48 Å². The highest BCUT2D eigenvalue weighted by Crippen LogP contribution is 2.52. The predicted octanol–water partition coefficient (Wildman–Crippen LogP) is 1.37. The van der Waals surface area contributed by atoms with Gasteiger partial charge in [0.2, 0.25) is 11.8 Å². The Hall–Kier alpha value is -3.62. The molecule has 1 aromatic carbocycles. The molecule has 2 bridgehead atoms. The average molecular weight is 421 g/mol. The first-order valence-electron chi connectivity index (χ1n) is 10.3. The van der Waals surface area contributed by atoms with E-state index < -0.39 is 6.03 Å². The minimum atomic E-state index is -0.648. The van der Waals surface area contributed by atoms with Crippen molar-refractivity contribution < 1.29 is 14.4 Å². The van der Waals surface area contributed by atoms with Crippen molar-refractivity contribution in [3.63, 3.8) is 0 Å². The van der Waals surface area contributed by atoms with Crippen molar-refractivity contribution in [3.05, 3.63) is 58.5 Å². The van der Waals surface area contributed by atoms with Gasteiger partial charge >= 0.3 is 6.03 Å². The number of amides is 4. The lowest BCUT2D eigenvalue weighted by Gasteiger charge is -2.17. The second kappa shape index (κ2) is 6.97. The third-order valence-corrected chi connectivity index (χ3v) is 6.75. The number of allylic oxidation sites excluding steroid dienone is 2. The first kappa shape index (κ1) is 19.3. The Morgan fingerprint density at radius 2 is 1.65 bits per heavy atom. The number of nitrogens with one attached hydrogen (secondary N) is 2. The molecular weight excluding hydrogens is 398 g/mol. The van der Waals surface area contributed by atoms with E-state index in [2.05, 4.69) is 10.6 Å². The van der Waals surface area contributed by atoms with Gasteiger partial charge < -0.3 is 10.6 Å². The van der Waals surface area contributed by atoms with E-state index in [1.165, 1.54) is 4.68 Å². The van der Waals surface area contributed by atoms with Crippen molar-refractivity contribution in [3.8, 4) is 5.69 Å². The minimum absolute atomic E-state index is 0.119. The van der Waals surface area contributed by atoms with Crippen LogP contribution in [-0.2, 0) is 16.6 Å². The summed E-state index contributed by atoms with van der Waals surface area (Å²) >= 11 is 0. The van der Waals surface area contributed by atoms with E-state index in [1.807, 2.05) is 30.4 Å². The van der Waals surface area contributed by atoms with Crippen molar-refractivity contribution in [2.75, 3.05) is 12.0 Å². The van der Waals surface area contributed by atoms with Crippen LogP contribution in [0, 0.1) is 30.6 Å². The maximum atomic E-state index is 12.9. The molecule has 0 unspecified atom stereocenters. The van der Waals surface area contributed by atoms with Gasteiger partial charge in [-0.3, -0.25) is 24.0 Å². The highest BCUT2D eigenvalue weighted by Gasteiger charge is 2.59. The number of anilines is 1. The summed E-state index contributed by atoms with van der Waals surface area (Å²) in [6.45, 7) is 1.52. The van der Waals surface area contributed by atoms with Crippen LogP contribution >= 0.6 is 0 Å². The topological polar surface area (TPSA) is 105 Å². The van der Waals surface area contributed by atoms with Crippen molar-refractivity contribution in [2.45, 2.75) is 13.3 Å². The maximum absolute atomic E-state index is 12.9. The van der Waals surface area contributed by atoms with Gasteiger partial charge in [-0.05, 0) is 37.3 Å². The van der Waals surface area contributed by atoms with E-state index in [0.717, 1.165) is 11.3 Å². The van der Waals surface area contributed by atoms with Crippen LogP contribution in [0.1, 0.15) is 12.1 Å². The van der Waals surface area contributed by atoms with Crippen molar-refractivity contribution in [2.24, 2.45) is 30.7 Å². The zero-order chi connectivity index (χ0) is 21.9. The zero-order valence-electron chi connectivity index (χ0n) is 17.2. The molecule has 4 amide bonds. The molecule has 9 heteroatoms. The highest BCUT2D eigenvalue weighted by molar-refractivity contribution is 6.06. The number of aromatic nitrogens is 2. The Labute approximate surface area is 178 Å². The normalized spacial score (nSPS) is 25.9. The third kappa shape index (κ3) is 2.83. The first-order chi connectivity index (χ1) is 14.9. The summed E-state index contributed by atoms with van der Waals surface area (Å²) in [4.78, 5) is 51.9. The van der Waals surface area contributed by atoms with Crippen molar-refractivity contribution in [1.82, 2.24) is 19.6 Å². The minimum Gasteiger partial charge on any atom is -0.320 e. The largest absolute Gasteiger partial charge is 0.320 e. The van der Waals surface area contributed by atoms with Crippen molar-refractivity contribution in [1.29, 1.82) is 0 Å². The molecule has 9 nitrogen and oxygen atoms in total. The SMILES string of the molecule is Cc1c(NC(=O)NCN2C(=O)[C@@H]3[C@H](C2=O)[C@H]2C=C[C@H]3C2)c(=O)n(-c2ccccc2)n1C. The number of likely N-dealkylation sites (tertiary alicyclic amines) is 1. The summed E-state index contributed by atoms with van der Waals surface area (Å²) in [5.41, 5.74) is 1.03. The first-order valence-corrected chi connectivity index (χ1v) is 10.3. The molecule has 0 radical (unpaired) electrons. The monoisotopic (exact) mass is 421 g/mol. The third-order valence-electron chi connectivity index (χ3n) is 6.75. The van der Waals surface area contributed by atoms with E-state index in [1.54, 1.807) is 30.8 Å². The van der Waals surface area contributed by atoms with E-state index in [9.17, 15) is 19.2 Å². The number of imide groups is 1. The number of carbonyl (C=O) groups is 3. The summed E-state index contributed by atoms with van der Waals surface area (Å²) in [5.74, 6) is -0.824. The van der Waals surface area contributed by atoms with Gasteiger partial charge in [0.1, 0.15) is 12.4 Å². The fourth-order valence-electron chi connectivity index (χ4n) is 5.14. The summed E-state index contributed by atoms with van der Waals surface area (Å²) < 4.78 is 3.12. The van der Waals surface area contributed by atoms with Crippen LogP contribution in [0.2, 0.25) is 0 Å². The number of fused-ring (bicyclic) bond motifs is 5. The average Bonchev–Trinajstić information content (AvgIpc) is 3.48. The standard InChI is InChI=1S/C22H23N5O4/c1-12-18(21(30)27(25(12)2)15-6-4-3-5-7-15)24-22(31)23-11-26-19(28)16-13-8-9-14(10-13)17(16)20(26)29/h3-9,13-14,16-17H,10-11H2,1-2H3,(H2,23,24,31)/t13-,14-,16-,17+/m0/s1. The second-order valence-electron chi connectivity index (χ2n) is 8.33. The molecule has 2 aromatic rings. The fraction of sp³-hybridized carbons (Fsp3) is 0.364. The van der Waals surface area contributed by atoms with Crippen LogP contribution < -0.4 is 16.2 Å². The Morgan fingerprint density at radius 3 is 2.26 bits per heavy atom. The predicted molar refractivity (Wildman–Crippen MR) is 112 cm³/mol. The molecule has 2 N–H and O–H groups in total. The molecule has 4 atom stereocenters. The molecule has 2 aliphatic carbocycles. The van der Waals surface area contributed by atoms with Crippen LogP contribution in [0.5, 0.6) is 0 Å². The van der Waals surface area contributed by atoms with Gasteiger partial charge in [0.15, 0.2) is 0 Å². The summed E-state index contributed by atoms with van der Waals surface area (Å²) in [6, 6.07) is 8.45. The maximum Gasteiger partial charge on any atom is 0.320 e. The summed E-state index contributed by atoms with van der Waals surface area (Å²) in [5, 5.41) is 5.13. The van der Waals surface area contributed by atoms with Crippen LogP contribution in [-0.4, -0.2) is 38.8 Å². The summed E-state index contributed by atoms with van der Waals surface area (Å²) in [6.07, 6.45) is 4.91. The van der Waals surface area contributed by atoms with E-state index in [4.69, 9.17) is 0 Å². The molecule has 1 aromatic heterocycles. The van der Waals surface area contributed by atoms with Gasteiger partial charge in [-0.15, -0.1) is 0 Å². The Balaban J connectivity index is 1.29. The Morgan fingerprint density at radius 1 is 1.03 bits per heavy atom. The van der Waals surface area contributed by atoms with Crippen LogP contribution in [0.25, 0.3) is 5.69 Å². The number of hydrogen-bond donors (Lipinski definition) is 2. The lowest BCUT2D eigenvalue weighted by molar-refractivity contribution is -0.140. The molecule has 3 aliphatic rings. The Kier molecular flexibility index (Phi) is 4.35. The van der Waals surface area contributed by atoms with E-state index in [-0.39, 0.29) is 53.4 Å². The van der Waals surface area contributed by atoms with Crippen LogP contribution in [0.3, 0.4) is 0 Å². The second-order valence-corrected chi connectivity index (χ2v) is 8.33. The van der Waals surface area contributed by atoms with Gasteiger partial charge in [-0.2, -0.15) is 0 Å². The fourth-order valence-corrected chi connectivity index (χ4v) is 5.14. The van der Waals surface area contributed by atoms with Crippen LogP contribution in [0.4, 0.5) is 10.5 Å². The Bertz CT molecular complexity index is 1150. The number of hydrogen-bond acceptors (Lipinski definition) is 4. The van der Waals surface area contributed by atoms with Gasteiger partial charge in [0.05, 0.1) is 23.2 Å². The van der Waals surface area contributed by atoms with Crippen LogP contribution in [0.15, 0.2) is 47.3 Å². The van der Waals surface area contributed by atoms with Gasteiger partial charge in [0, 0.05) is 7.05 Å². The number of urea groups is 1. The number of benzene rings is 1. The zero-order valence-corrected chi connectivity index (χ0v) is 17.2. The molecule has 1 saturated heterocycles. The molecule has 1 saturated carbocycles. The summed E-state index contributed by atoms with van der Waals surface area (Å²) in [7, 11) is 1.73. The number of rotatable bonds is 4. The molecule has 2 heterocycles. The van der Waals surface area contributed by atoms with Gasteiger partial charge in [-0.1, -0.05) is 30.4 Å². The molecule has 5 rings (SSSR count). The van der Waals surface area contributed by atoms with Crippen molar-refractivity contribution >= 4 is 23.5 Å². The molecule has 0 spiro atoms. The molecular formula is C22H23N5O4. The smallest absolute Gasteiger partial charge is 0.320 e. The molecule has 2 fully saturated rings. The number of para-hydroxylation sites is 1.